The SMILES string of the molecule is CN1CCc2c(sc(NC(=O)C3CCCCC3)c2C(N)=O)C1.Cl. The molecule has 1 aromatic rings. The maximum Gasteiger partial charge on any atom is 0.251 e. The Morgan fingerprint density at radius 2 is 1.96 bits per heavy atom. The number of thiophene rings is 1. The van der Waals surface area contributed by atoms with Gasteiger partial charge in [0.25, 0.3) is 5.91 Å². The van der Waals surface area contributed by atoms with Crippen LogP contribution < -0.4 is 11.1 Å². The van der Waals surface area contributed by atoms with Gasteiger partial charge >= 0.3 is 0 Å². The molecule has 7 heteroatoms. The lowest BCUT2D eigenvalue weighted by atomic mass is 9.88. The predicted octanol–water partition coefficient (Wildman–Crippen LogP) is 2.78. The fourth-order valence-corrected chi connectivity index (χ4v) is 4.79. The first-order valence-electron chi connectivity index (χ1n) is 8.00. The molecule has 3 rings (SSSR count). The zero-order valence-corrected chi connectivity index (χ0v) is 15.0. The van der Waals surface area contributed by atoms with Crippen molar-refractivity contribution in [3.05, 3.63) is 16.0 Å². The van der Waals surface area contributed by atoms with E-state index in [2.05, 4.69) is 17.3 Å². The number of anilines is 1. The van der Waals surface area contributed by atoms with Crippen LogP contribution in [0.5, 0.6) is 0 Å². The fraction of sp³-hybridized carbons (Fsp3) is 0.625. The topological polar surface area (TPSA) is 75.4 Å². The molecule has 0 radical (unpaired) electrons. The molecule has 0 spiro atoms. The smallest absolute Gasteiger partial charge is 0.251 e. The molecule has 0 saturated heterocycles. The van der Waals surface area contributed by atoms with Crippen molar-refractivity contribution in [1.29, 1.82) is 0 Å². The minimum Gasteiger partial charge on any atom is -0.365 e. The summed E-state index contributed by atoms with van der Waals surface area (Å²) in [4.78, 5) is 27.7. The first-order chi connectivity index (χ1) is 10.6. The van der Waals surface area contributed by atoms with Crippen LogP contribution in [0.15, 0.2) is 0 Å². The summed E-state index contributed by atoms with van der Waals surface area (Å²) >= 11 is 1.51. The van der Waals surface area contributed by atoms with Crippen molar-refractivity contribution in [3.8, 4) is 0 Å². The summed E-state index contributed by atoms with van der Waals surface area (Å²) in [5, 5.41) is 3.65. The van der Waals surface area contributed by atoms with Crippen LogP contribution in [0.1, 0.15) is 52.9 Å². The Morgan fingerprint density at radius 3 is 2.61 bits per heavy atom. The number of halogens is 1. The second kappa shape index (κ2) is 7.64. The molecule has 0 unspecified atom stereocenters. The molecule has 1 saturated carbocycles. The van der Waals surface area contributed by atoms with Crippen LogP contribution in [0.4, 0.5) is 5.00 Å². The molecule has 1 aliphatic carbocycles. The van der Waals surface area contributed by atoms with E-state index in [0.29, 0.717) is 10.6 Å². The molecule has 23 heavy (non-hydrogen) atoms. The number of nitrogens with two attached hydrogens (primary N) is 1. The summed E-state index contributed by atoms with van der Waals surface area (Å²) in [7, 11) is 2.06. The number of fused-ring (bicyclic) bond motifs is 1. The van der Waals surface area contributed by atoms with Gasteiger partial charge in [0.05, 0.1) is 5.56 Å². The van der Waals surface area contributed by atoms with Gasteiger partial charge in [-0.25, -0.2) is 0 Å². The lowest BCUT2D eigenvalue weighted by Gasteiger charge is -2.22. The van der Waals surface area contributed by atoms with Crippen LogP contribution >= 0.6 is 23.7 Å². The molecule has 1 aliphatic heterocycles. The number of likely N-dealkylation sites (N-methyl/N-ethyl adjacent to an activating group) is 1. The second-order valence-corrected chi connectivity index (χ2v) is 7.49. The molecule has 128 valence electrons. The Labute approximate surface area is 147 Å². The monoisotopic (exact) mass is 357 g/mol. The normalized spacial score (nSPS) is 18.8. The van der Waals surface area contributed by atoms with Gasteiger partial charge in [0.15, 0.2) is 0 Å². The van der Waals surface area contributed by atoms with Crippen molar-refractivity contribution < 1.29 is 9.59 Å². The highest BCUT2D eigenvalue weighted by molar-refractivity contribution is 7.17. The van der Waals surface area contributed by atoms with Gasteiger partial charge in [0, 0.05) is 23.9 Å². The Bertz CT molecular complexity index is 596. The number of carbonyl (C=O) groups excluding carboxylic acids is 2. The molecular weight excluding hydrogens is 334 g/mol. The van der Waals surface area contributed by atoms with Crippen molar-refractivity contribution in [1.82, 2.24) is 4.90 Å². The number of hydrogen-bond donors (Lipinski definition) is 2. The Kier molecular flexibility index (Phi) is 6.06. The van der Waals surface area contributed by atoms with Crippen LogP contribution in [0.2, 0.25) is 0 Å². The van der Waals surface area contributed by atoms with Crippen molar-refractivity contribution in [2.45, 2.75) is 45.1 Å². The third-order valence-corrected chi connectivity index (χ3v) is 5.84. The van der Waals surface area contributed by atoms with Crippen molar-refractivity contribution in [2.24, 2.45) is 11.7 Å². The van der Waals surface area contributed by atoms with Gasteiger partial charge < -0.3 is 16.0 Å². The minimum absolute atomic E-state index is 0. The zero-order valence-electron chi connectivity index (χ0n) is 13.4. The first-order valence-corrected chi connectivity index (χ1v) is 8.81. The standard InChI is InChI=1S/C16H23N3O2S.ClH/c1-19-8-7-11-12(9-19)22-16(13(11)14(17)20)18-15(21)10-5-3-2-4-6-10;/h10H,2-9H2,1H3,(H2,17,20)(H,18,21);1H. The highest BCUT2D eigenvalue weighted by atomic mass is 35.5. The highest BCUT2D eigenvalue weighted by Gasteiger charge is 2.28. The lowest BCUT2D eigenvalue weighted by molar-refractivity contribution is -0.120. The summed E-state index contributed by atoms with van der Waals surface area (Å²) in [6, 6.07) is 0. The van der Waals surface area contributed by atoms with Gasteiger partial charge in [0.1, 0.15) is 5.00 Å². The molecule has 1 aromatic heterocycles. The summed E-state index contributed by atoms with van der Waals surface area (Å²) in [6.07, 6.45) is 6.17. The predicted molar refractivity (Wildman–Crippen MR) is 95.3 cm³/mol. The summed E-state index contributed by atoms with van der Waals surface area (Å²) in [5.74, 6) is -0.300. The quantitative estimate of drug-likeness (QED) is 0.873. The van der Waals surface area contributed by atoms with Crippen LogP contribution in [0.25, 0.3) is 0 Å². The number of amides is 2. The largest absolute Gasteiger partial charge is 0.365 e. The van der Waals surface area contributed by atoms with Crippen molar-refractivity contribution in [2.75, 3.05) is 18.9 Å². The number of nitrogens with one attached hydrogen (secondary N) is 1. The number of hydrogen-bond acceptors (Lipinski definition) is 4. The number of primary amides is 1. The molecule has 2 heterocycles. The molecule has 0 atom stereocenters. The van der Waals surface area contributed by atoms with Gasteiger partial charge in [-0.3, -0.25) is 9.59 Å². The molecule has 0 bridgehead atoms. The Morgan fingerprint density at radius 1 is 1.26 bits per heavy atom. The average Bonchev–Trinajstić information content (AvgIpc) is 2.85. The van der Waals surface area contributed by atoms with E-state index in [4.69, 9.17) is 5.73 Å². The van der Waals surface area contributed by atoms with E-state index in [1.165, 1.54) is 17.8 Å². The summed E-state index contributed by atoms with van der Waals surface area (Å²) < 4.78 is 0. The molecule has 2 aliphatic rings. The summed E-state index contributed by atoms with van der Waals surface area (Å²) in [6.45, 7) is 1.74. The minimum atomic E-state index is -0.430. The van der Waals surface area contributed by atoms with E-state index in [-0.39, 0.29) is 24.2 Å². The fourth-order valence-electron chi connectivity index (χ4n) is 3.46. The van der Waals surface area contributed by atoms with Crippen LogP contribution in [0.3, 0.4) is 0 Å². The number of carbonyl (C=O) groups is 2. The Balaban J connectivity index is 0.00000192. The molecule has 2 amide bonds. The third kappa shape index (κ3) is 3.87. The molecule has 1 fully saturated rings. The second-order valence-electron chi connectivity index (χ2n) is 6.38. The summed E-state index contributed by atoms with van der Waals surface area (Å²) in [5.41, 5.74) is 7.15. The first kappa shape index (κ1) is 18.2. The van der Waals surface area contributed by atoms with Gasteiger partial charge in [0.2, 0.25) is 5.91 Å². The van der Waals surface area contributed by atoms with E-state index in [0.717, 1.165) is 55.6 Å². The van der Waals surface area contributed by atoms with E-state index in [1.54, 1.807) is 0 Å². The zero-order chi connectivity index (χ0) is 15.7. The van der Waals surface area contributed by atoms with Crippen LogP contribution in [-0.2, 0) is 17.8 Å². The average molecular weight is 358 g/mol. The van der Waals surface area contributed by atoms with Crippen LogP contribution in [0, 0.1) is 5.92 Å². The maximum atomic E-state index is 12.5. The molecule has 0 aromatic carbocycles. The lowest BCUT2D eigenvalue weighted by Crippen LogP contribution is -2.27. The van der Waals surface area contributed by atoms with Gasteiger partial charge in [-0.1, -0.05) is 19.3 Å². The highest BCUT2D eigenvalue weighted by Crippen LogP contribution is 2.37. The van der Waals surface area contributed by atoms with Crippen molar-refractivity contribution >= 4 is 40.6 Å². The Hall–Kier alpha value is -1.11. The van der Waals surface area contributed by atoms with Gasteiger partial charge in [-0.05, 0) is 31.9 Å². The third-order valence-electron chi connectivity index (χ3n) is 4.71. The molecule has 5 nitrogen and oxygen atoms in total. The number of nitrogens with zero attached hydrogens (tertiary/aromatic N) is 1. The maximum absolute atomic E-state index is 12.5. The van der Waals surface area contributed by atoms with Crippen molar-refractivity contribution in [3.63, 3.8) is 0 Å². The van der Waals surface area contributed by atoms with E-state index >= 15 is 0 Å². The number of rotatable bonds is 3. The molecule has 3 N–H and O–H groups in total. The van der Waals surface area contributed by atoms with E-state index in [1.807, 2.05) is 0 Å². The van der Waals surface area contributed by atoms with Gasteiger partial charge in [-0.2, -0.15) is 0 Å². The van der Waals surface area contributed by atoms with E-state index < -0.39 is 5.91 Å². The van der Waals surface area contributed by atoms with E-state index in [9.17, 15) is 9.59 Å². The molecular formula is C16H24ClN3O2S. The van der Waals surface area contributed by atoms with Crippen LogP contribution in [-0.4, -0.2) is 30.3 Å². The van der Waals surface area contributed by atoms with Gasteiger partial charge in [-0.15, -0.1) is 23.7 Å².